The van der Waals surface area contributed by atoms with Crippen molar-refractivity contribution in [1.82, 2.24) is 10.2 Å². The number of nitrogens with one attached hydrogen (secondary N) is 1. The van der Waals surface area contributed by atoms with Gasteiger partial charge in [0.25, 0.3) is 0 Å². The monoisotopic (exact) mass is 198 g/mol. The summed E-state index contributed by atoms with van der Waals surface area (Å²) in [6.45, 7) is 2.39. The number of hydrogen-bond acceptors (Lipinski definition) is 3. The smallest absolute Gasteiger partial charge is 0.0710 e. The van der Waals surface area contributed by atoms with Gasteiger partial charge < -0.3 is 10.1 Å². The van der Waals surface area contributed by atoms with Crippen molar-refractivity contribution in [3.63, 3.8) is 0 Å². The first kappa shape index (κ1) is 10.4. The van der Waals surface area contributed by atoms with Gasteiger partial charge in [0, 0.05) is 32.3 Å². The molecule has 0 amide bonds. The molecule has 0 aromatic rings. The van der Waals surface area contributed by atoms with Crippen molar-refractivity contribution in [3.05, 3.63) is 0 Å². The zero-order valence-electron chi connectivity index (χ0n) is 9.33. The molecule has 3 nitrogen and oxygen atoms in total. The number of methoxy groups -OCH3 is 1. The SMILES string of the molecule is CNC1CCC(N2CCC(OC)C2)C1. The molecule has 1 saturated heterocycles. The molecule has 1 saturated carbocycles. The minimum absolute atomic E-state index is 0.489. The first-order chi connectivity index (χ1) is 6.83. The van der Waals surface area contributed by atoms with Crippen LogP contribution in [0.15, 0.2) is 0 Å². The molecule has 2 fully saturated rings. The zero-order valence-corrected chi connectivity index (χ0v) is 9.33. The summed E-state index contributed by atoms with van der Waals surface area (Å²) in [4.78, 5) is 2.62. The number of nitrogens with zero attached hydrogens (tertiary/aromatic N) is 1. The van der Waals surface area contributed by atoms with Gasteiger partial charge in [-0.05, 0) is 32.7 Å². The fraction of sp³-hybridized carbons (Fsp3) is 1.00. The molecule has 0 aromatic heterocycles. The summed E-state index contributed by atoms with van der Waals surface area (Å²) in [7, 11) is 3.91. The van der Waals surface area contributed by atoms with E-state index in [-0.39, 0.29) is 0 Å². The highest BCUT2D eigenvalue weighted by Gasteiger charge is 2.32. The second-order valence-corrected chi connectivity index (χ2v) is 4.59. The van der Waals surface area contributed by atoms with Crippen LogP contribution in [-0.4, -0.2) is 50.3 Å². The Labute approximate surface area is 86.8 Å². The predicted molar refractivity (Wildman–Crippen MR) is 57.5 cm³/mol. The maximum Gasteiger partial charge on any atom is 0.0710 e. The van der Waals surface area contributed by atoms with Crippen LogP contribution in [0.4, 0.5) is 0 Å². The van der Waals surface area contributed by atoms with E-state index in [1.54, 1.807) is 0 Å². The van der Waals surface area contributed by atoms with Crippen LogP contribution < -0.4 is 5.32 Å². The van der Waals surface area contributed by atoms with Crippen molar-refractivity contribution in [2.24, 2.45) is 0 Å². The third kappa shape index (κ3) is 2.10. The highest BCUT2D eigenvalue weighted by molar-refractivity contribution is 4.89. The molecule has 3 unspecified atom stereocenters. The van der Waals surface area contributed by atoms with E-state index in [2.05, 4.69) is 17.3 Å². The number of rotatable bonds is 3. The van der Waals surface area contributed by atoms with Crippen molar-refractivity contribution in [2.45, 2.75) is 43.9 Å². The van der Waals surface area contributed by atoms with Crippen molar-refractivity contribution >= 4 is 0 Å². The molecular formula is C11H22N2O. The molecule has 1 aliphatic carbocycles. The number of likely N-dealkylation sites (tertiary alicyclic amines) is 1. The summed E-state index contributed by atoms with van der Waals surface area (Å²) in [5.74, 6) is 0. The van der Waals surface area contributed by atoms with Gasteiger partial charge in [-0.15, -0.1) is 0 Å². The lowest BCUT2D eigenvalue weighted by molar-refractivity contribution is 0.101. The minimum Gasteiger partial charge on any atom is -0.380 e. The molecule has 0 spiro atoms. The van der Waals surface area contributed by atoms with Crippen LogP contribution >= 0.6 is 0 Å². The Balaban J connectivity index is 1.80. The van der Waals surface area contributed by atoms with E-state index in [0.717, 1.165) is 18.6 Å². The average molecular weight is 198 g/mol. The summed E-state index contributed by atoms with van der Waals surface area (Å²) in [5.41, 5.74) is 0. The lowest BCUT2D eigenvalue weighted by Gasteiger charge is -2.23. The summed E-state index contributed by atoms with van der Waals surface area (Å²) in [6, 6.07) is 1.56. The first-order valence-corrected chi connectivity index (χ1v) is 5.77. The van der Waals surface area contributed by atoms with Gasteiger partial charge in [0.15, 0.2) is 0 Å². The van der Waals surface area contributed by atoms with Gasteiger partial charge in [-0.25, -0.2) is 0 Å². The van der Waals surface area contributed by atoms with Crippen molar-refractivity contribution in [3.8, 4) is 0 Å². The van der Waals surface area contributed by atoms with Crippen LogP contribution in [-0.2, 0) is 4.74 Å². The summed E-state index contributed by atoms with van der Waals surface area (Å²) < 4.78 is 5.40. The van der Waals surface area contributed by atoms with Crippen LogP contribution in [0, 0.1) is 0 Å². The van der Waals surface area contributed by atoms with E-state index < -0.39 is 0 Å². The Morgan fingerprint density at radius 1 is 1.29 bits per heavy atom. The second kappa shape index (κ2) is 4.60. The van der Waals surface area contributed by atoms with E-state index >= 15 is 0 Å². The second-order valence-electron chi connectivity index (χ2n) is 4.59. The van der Waals surface area contributed by atoms with E-state index in [1.165, 1.54) is 32.2 Å². The number of ether oxygens (including phenoxy) is 1. The van der Waals surface area contributed by atoms with Gasteiger partial charge in [0.1, 0.15) is 0 Å². The highest BCUT2D eigenvalue weighted by Crippen LogP contribution is 2.27. The predicted octanol–water partition coefficient (Wildman–Crippen LogP) is 0.848. The Morgan fingerprint density at radius 2 is 2.14 bits per heavy atom. The van der Waals surface area contributed by atoms with Gasteiger partial charge in [0.2, 0.25) is 0 Å². The van der Waals surface area contributed by atoms with Gasteiger partial charge in [0.05, 0.1) is 6.10 Å². The lowest BCUT2D eigenvalue weighted by Crippen LogP contribution is -2.34. The van der Waals surface area contributed by atoms with E-state index in [0.29, 0.717) is 6.10 Å². The molecule has 82 valence electrons. The fourth-order valence-corrected chi connectivity index (χ4v) is 2.83. The summed E-state index contributed by atoms with van der Waals surface area (Å²) in [6.07, 6.45) is 5.74. The lowest BCUT2D eigenvalue weighted by atomic mass is 10.2. The van der Waals surface area contributed by atoms with Crippen LogP contribution in [0.5, 0.6) is 0 Å². The maximum absolute atomic E-state index is 5.40. The molecule has 2 aliphatic rings. The molecular weight excluding hydrogens is 176 g/mol. The summed E-state index contributed by atoms with van der Waals surface area (Å²) in [5, 5.41) is 3.38. The molecule has 0 aromatic carbocycles. The van der Waals surface area contributed by atoms with Crippen molar-refractivity contribution in [1.29, 1.82) is 0 Å². The Hall–Kier alpha value is -0.120. The van der Waals surface area contributed by atoms with Crippen molar-refractivity contribution in [2.75, 3.05) is 27.2 Å². The number of hydrogen-bond donors (Lipinski definition) is 1. The zero-order chi connectivity index (χ0) is 9.97. The molecule has 1 heterocycles. The molecule has 0 radical (unpaired) electrons. The Kier molecular flexibility index (Phi) is 3.42. The minimum atomic E-state index is 0.489. The van der Waals surface area contributed by atoms with E-state index in [1.807, 2.05) is 7.11 Å². The van der Waals surface area contributed by atoms with Gasteiger partial charge >= 0.3 is 0 Å². The first-order valence-electron chi connectivity index (χ1n) is 5.77. The molecule has 3 heteroatoms. The van der Waals surface area contributed by atoms with Crippen LogP contribution in [0.3, 0.4) is 0 Å². The van der Waals surface area contributed by atoms with Crippen LogP contribution in [0.1, 0.15) is 25.7 Å². The van der Waals surface area contributed by atoms with Gasteiger partial charge in [-0.1, -0.05) is 0 Å². The van der Waals surface area contributed by atoms with Crippen LogP contribution in [0.2, 0.25) is 0 Å². The van der Waals surface area contributed by atoms with Crippen molar-refractivity contribution < 1.29 is 4.74 Å². The third-order valence-corrected chi connectivity index (χ3v) is 3.84. The quantitative estimate of drug-likeness (QED) is 0.727. The van der Waals surface area contributed by atoms with E-state index in [4.69, 9.17) is 4.74 Å². The molecule has 0 bridgehead atoms. The molecule has 1 aliphatic heterocycles. The molecule has 3 atom stereocenters. The Morgan fingerprint density at radius 3 is 2.71 bits per heavy atom. The van der Waals surface area contributed by atoms with Gasteiger partial charge in [-0.2, -0.15) is 0 Å². The van der Waals surface area contributed by atoms with Gasteiger partial charge in [-0.3, -0.25) is 4.90 Å². The van der Waals surface area contributed by atoms with Crippen LogP contribution in [0.25, 0.3) is 0 Å². The van der Waals surface area contributed by atoms with E-state index in [9.17, 15) is 0 Å². The fourth-order valence-electron chi connectivity index (χ4n) is 2.83. The highest BCUT2D eigenvalue weighted by atomic mass is 16.5. The summed E-state index contributed by atoms with van der Waals surface area (Å²) >= 11 is 0. The maximum atomic E-state index is 5.40. The molecule has 2 rings (SSSR count). The third-order valence-electron chi connectivity index (χ3n) is 3.84. The Bertz CT molecular complexity index is 166. The largest absolute Gasteiger partial charge is 0.380 e. The average Bonchev–Trinajstić information content (AvgIpc) is 2.86. The standard InChI is InChI=1S/C11H22N2O/c1-12-9-3-4-10(7-9)13-6-5-11(8-13)14-2/h9-12H,3-8H2,1-2H3. The molecule has 14 heavy (non-hydrogen) atoms. The topological polar surface area (TPSA) is 24.5 Å². The normalized spacial score (nSPS) is 39.4. The molecule has 1 N–H and O–H groups in total.